The maximum Gasteiger partial charge on any atom is 0.0806 e. The molecule has 2 aromatic heterocycles. The molecular weight excluding hydrogens is 272 g/mol. The lowest BCUT2D eigenvalue weighted by atomic mass is 9.71. The van der Waals surface area contributed by atoms with Gasteiger partial charge in [-0.1, -0.05) is 32.9 Å². The third kappa shape index (κ3) is 3.92. The molecule has 0 unspecified atom stereocenters. The molecule has 0 aliphatic carbocycles. The van der Waals surface area contributed by atoms with E-state index in [-0.39, 0.29) is 5.41 Å². The van der Waals surface area contributed by atoms with Crippen LogP contribution in [0.15, 0.2) is 36.4 Å². The van der Waals surface area contributed by atoms with Crippen molar-refractivity contribution in [1.29, 1.82) is 0 Å². The molecule has 0 spiro atoms. The summed E-state index contributed by atoms with van der Waals surface area (Å²) in [5.74, 6) is 0. The average Bonchev–Trinajstić information content (AvgIpc) is 2.37. The van der Waals surface area contributed by atoms with Crippen LogP contribution < -0.4 is 0 Å². The van der Waals surface area contributed by atoms with Gasteiger partial charge in [0.1, 0.15) is 0 Å². The molecule has 2 heterocycles. The van der Waals surface area contributed by atoms with Crippen LogP contribution in [0.1, 0.15) is 43.5 Å². The summed E-state index contributed by atoms with van der Waals surface area (Å²) >= 11 is 0. The molecular formula is C19H26N2O. The van der Waals surface area contributed by atoms with E-state index in [1.54, 1.807) is 0 Å². The van der Waals surface area contributed by atoms with Gasteiger partial charge in [-0.25, -0.2) is 0 Å². The summed E-state index contributed by atoms with van der Waals surface area (Å²) in [6.45, 7) is 10.2. The van der Waals surface area contributed by atoms with E-state index >= 15 is 0 Å². The van der Waals surface area contributed by atoms with E-state index in [1.165, 1.54) is 0 Å². The summed E-state index contributed by atoms with van der Waals surface area (Å²) in [5.41, 5.74) is 2.62. The zero-order valence-electron chi connectivity index (χ0n) is 14.2. The van der Waals surface area contributed by atoms with Gasteiger partial charge < -0.3 is 5.11 Å². The standard InChI is InChI=1S/C19H26N2O/c1-14-8-6-10-16(20-14)12-19(22,18(3,4)5)13-17-11-7-9-15(2)21-17/h6-11,22H,12-13H2,1-5H3. The highest BCUT2D eigenvalue weighted by Crippen LogP contribution is 2.35. The van der Waals surface area contributed by atoms with Gasteiger partial charge in [0.2, 0.25) is 0 Å². The Bertz CT molecular complexity index is 596. The van der Waals surface area contributed by atoms with Gasteiger partial charge in [0, 0.05) is 35.6 Å². The van der Waals surface area contributed by atoms with Gasteiger partial charge in [0.15, 0.2) is 0 Å². The van der Waals surface area contributed by atoms with Crippen LogP contribution in [-0.2, 0) is 12.8 Å². The smallest absolute Gasteiger partial charge is 0.0806 e. The lowest BCUT2D eigenvalue weighted by Crippen LogP contribution is -2.47. The fraction of sp³-hybridized carbons (Fsp3) is 0.474. The first-order valence-electron chi connectivity index (χ1n) is 7.77. The Morgan fingerprint density at radius 2 is 1.23 bits per heavy atom. The number of hydrogen-bond acceptors (Lipinski definition) is 3. The Labute approximate surface area is 133 Å². The van der Waals surface area contributed by atoms with Gasteiger partial charge >= 0.3 is 0 Å². The van der Waals surface area contributed by atoms with E-state index in [4.69, 9.17) is 0 Å². The molecule has 0 radical (unpaired) electrons. The summed E-state index contributed by atoms with van der Waals surface area (Å²) in [6.07, 6.45) is 1.04. The van der Waals surface area contributed by atoms with Gasteiger partial charge in [-0.3, -0.25) is 9.97 Å². The van der Waals surface area contributed by atoms with Crippen molar-refractivity contribution < 1.29 is 5.11 Å². The minimum Gasteiger partial charge on any atom is -0.389 e. The van der Waals surface area contributed by atoms with Crippen molar-refractivity contribution in [3.63, 3.8) is 0 Å². The lowest BCUT2D eigenvalue weighted by Gasteiger charge is -2.40. The van der Waals surface area contributed by atoms with Gasteiger partial charge in [0.05, 0.1) is 5.60 Å². The number of pyridine rings is 2. The first-order valence-corrected chi connectivity index (χ1v) is 7.77. The average molecular weight is 298 g/mol. The molecule has 0 amide bonds. The molecule has 118 valence electrons. The Balaban J connectivity index is 2.32. The van der Waals surface area contributed by atoms with Gasteiger partial charge in [-0.05, 0) is 43.5 Å². The number of hydrogen-bond donors (Lipinski definition) is 1. The van der Waals surface area contributed by atoms with Gasteiger partial charge in [0.25, 0.3) is 0 Å². The highest BCUT2D eigenvalue weighted by molar-refractivity contribution is 5.18. The summed E-state index contributed by atoms with van der Waals surface area (Å²) in [7, 11) is 0. The number of nitrogens with zero attached hydrogens (tertiary/aromatic N) is 2. The Hall–Kier alpha value is -1.74. The normalized spacial score (nSPS) is 12.5. The van der Waals surface area contributed by atoms with Crippen molar-refractivity contribution in [3.05, 3.63) is 59.2 Å². The molecule has 3 nitrogen and oxygen atoms in total. The Morgan fingerprint density at radius 3 is 1.55 bits per heavy atom. The maximum absolute atomic E-state index is 11.4. The van der Waals surface area contributed by atoms with Crippen molar-refractivity contribution in [2.75, 3.05) is 0 Å². The third-order valence-electron chi connectivity index (χ3n) is 4.24. The van der Waals surface area contributed by atoms with Crippen molar-refractivity contribution >= 4 is 0 Å². The molecule has 0 saturated carbocycles. The first kappa shape index (κ1) is 16.6. The van der Waals surface area contributed by atoms with E-state index in [2.05, 4.69) is 30.7 Å². The van der Waals surface area contributed by atoms with E-state index in [0.29, 0.717) is 12.8 Å². The zero-order chi connectivity index (χ0) is 16.4. The molecule has 2 rings (SSSR count). The zero-order valence-corrected chi connectivity index (χ0v) is 14.2. The Morgan fingerprint density at radius 1 is 0.818 bits per heavy atom. The summed E-state index contributed by atoms with van der Waals surface area (Å²) in [4.78, 5) is 9.10. The van der Waals surface area contributed by atoms with E-state index in [1.807, 2.05) is 50.2 Å². The second-order valence-electron chi connectivity index (χ2n) is 7.18. The molecule has 1 N–H and O–H groups in total. The minimum absolute atomic E-state index is 0.274. The predicted octanol–water partition coefficient (Wildman–Crippen LogP) is 3.66. The van der Waals surface area contributed by atoms with Crippen LogP contribution >= 0.6 is 0 Å². The molecule has 0 fully saturated rings. The molecule has 0 aromatic carbocycles. The second-order valence-corrected chi connectivity index (χ2v) is 7.18. The Kier molecular flexibility index (Phi) is 4.66. The quantitative estimate of drug-likeness (QED) is 0.937. The molecule has 0 aliphatic rings. The summed E-state index contributed by atoms with van der Waals surface area (Å²) < 4.78 is 0. The highest BCUT2D eigenvalue weighted by Gasteiger charge is 2.40. The molecule has 0 saturated heterocycles. The van der Waals surface area contributed by atoms with E-state index < -0.39 is 5.60 Å². The largest absolute Gasteiger partial charge is 0.389 e. The molecule has 0 bridgehead atoms. The summed E-state index contributed by atoms with van der Waals surface area (Å²) in [5, 5.41) is 11.4. The van der Waals surface area contributed by atoms with Crippen LogP contribution in [0.5, 0.6) is 0 Å². The minimum atomic E-state index is -0.894. The van der Waals surface area contributed by atoms with Crippen LogP contribution in [-0.4, -0.2) is 20.7 Å². The SMILES string of the molecule is Cc1cccc(CC(O)(Cc2cccc(C)n2)C(C)(C)C)n1. The van der Waals surface area contributed by atoms with Gasteiger partial charge in [-0.15, -0.1) is 0 Å². The van der Waals surface area contributed by atoms with Crippen molar-refractivity contribution in [3.8, 4) is 0 Å². The van der Waals surface area contributed by atoms with Crippen LogP contribution in [0, 0.1) is 19.3 Å². The van der Waals surface area contributed by atoms with E-state index in [0.717, 1.165) is 22.8 Å². The predicted molar refractivity (Wildman–Crippen MR) is 89.8 cm³/mol. The number of aryl methyl sites for hydroxylation is 2. The van der Waals surface area contributed by atoms with Crippen LogP contribution in [0.25, 0.3) is 0 Å². The first-order chi connectivity index (χ1) is 10.2. The van der Waals surface area contributed by atoms with Gasteiger partial charge in [-0.2, -0.15) is 0 Å². The molecule has 2 aromatic rings. The van der Waals surface area contributed by atoms with E-state index in [9.17, 15) is 5.11 Å². The highest BCUT2D eigenvalue weighted by atomic mass is 16.3. The number of rotatable bonds is 4. The summed E-state index contributed by atoms with van der Waals surface area (Å²) in [6, 6.07) is 11.9. The lowest BCUT2D eigenvalue weighted by molar-refractivity contribution is -0.0583. The second kappa shape index (κ2) is 6.17. The molecule has 0 atom stereocenters. The van der Waals surface area contributed by atoms with Crippen molar-refractivity contribution in [2.45, 2.75) is 53.1 Å². The van der Waals surface area contributed by atoms with Crippen LogP contribution in [0.2, 0.25) is 0 Å². The molecule has 3 heteroatoms. The molecule has 22 heavy (non-hydrogen) atoms. The van der Waals surface area contributed by atoms with Crippen LogP contribution in [0.4, 0.5) is 0 Å². The van der Waals surface area contributed by atoms with Crippen molar-refractivity contribution in [2.24, 2.45) is 5.41 Å². The topological polar surface area (TPSA) is 46.0 Å². The van der Waals surface area contributed by atoms with Crippen LogP contribution in [0.3, 0.4) is 0 Å². The van der Waals surface area contributed by atoms with Crippen molar-refractivity contribution in [1.82, 2.24) is 9.97 Å². The maximum atomic E-state index is 11.4. The fourth-order valence-corrected chi connectivity index (χ4v) is 2.59. The number of aromatic nitrogens is 2. The molecule has 0 aliphatic heterocycles. The fourth-order valence-electron chi connectivity index (χ4n) is 2.59. The number of aliphatic hydroxyl groups is 1. The third-order valence-corrected chi connectivity index (χ3v) is 4.24. The monoisotopic (exact) mass is 298 g/mol.